The lowest BCUT2D eigenvalue weighted by atomic mass is 10.1. The van der Waals surface area contributed by atoms with Gasteiger partial charge in [0.2, 0.25) is 0 Å². The number of sulfone groups is 1. The van der Waals surface area contributed by atoms with Gasteiger partial charge in [-0.1, -0.05) is 12.1 Å². The number of likely N-dealkylation sites (N-methyl/N-ethyl adjacent to an activating group) is 1. The van der Waals surface area contributed by atoms with Crippen LogP contribution in [0, 0.1) is 0 Å². The van der Waals surface area contributed by atoms with Crippen LogP contribution in [0.1, 0.15) is 20.3 Å². The molecule has 1 amide bonds. The summed E-state index contributed by atoms with van der Waals surface area (Å²) in [5, 5.41) is 0. The zero-order valence-electron chi connectivity index (χ0n) is 17.1. The van der Waals surface area contributed by atoms with Gasteiger partial charge in [-0.3, -0.25) is 4.79 Å². The highest BCUT2D eigenvalue weighted by Crippen LogP contribution is 2.27. The van der Waals surface area contributed by atoms with Crippen LogP contribution in [0.4, 0.5) is 5.69 Å². The molecule has 0 aromatic heterocycles. The van der Waals surface area contributed by atoms with E-state index in [1.165, 1.54) is 4.90 Å². The van der Waals surface area contributed by atoms with E-state index in [-0.39, 0.29) is 29.5 Å². The van der Waals surface area contributed by atoms with Crippen LogP contribution in [-0.2, 0) is 14.6 Å². The van der Waals surface area contributed by atoms with Gasteiger partial charge in [0, 0.05) is 13.1 Å². The van der Waals surface area contributed by atoms with Crippen molar-refractivity contribution < 1.29 is 22.8 Å². The Balaban J connectivity index is 1.58. The monoisotopic (exact) mass is 410 g/mol. The first-order chi connectivity index (χ1) is 13.3. The molecule has 2 aliphatic heterocycles. The second-order valence-corrected chi connectivity index (χ2v) is 10.0. The SMILES string of the molecule is CCOc1ccccc1N1CC[NH+]([C@H](C)C(=O)N(C)[C@H]2CCS(=O)(=O)C2)CC1. The predicted molar refractivity (Wildman–Crippen MR) is 110 cm³/mol. The van der Waals surface area contributed by atoms with Gasteiger partial charge in [-0.15, -0.1) is 0 Å². The maximum atomic E-state index is 12.9. The van der Waals surface area contributed by atoms with E-state index in [2.05, 4.69) is 11.0 Å². The molecule has 2 saturated heterocycles. The highest BCUT2D eigenvalue weighted by molar-refractivity contribution is 7.91. The van der Waals surface area contributed by atoms with Gasteiger partial charge < -0.3 is 19.4 Å². The molecule has 0 spiro atoms. The molecule has 3 rings (SSSR count). The Morgan fingerprint density at radius 1 is 1.32 bits per heavy atom. The van der Waals surface area contributed by atoms with E-state index in [0.717, 1.165) is 37.6 Å². The van der Waals surface area contributed by atoms with Gasteiger partial charge in [-0.05, 0) is 32.4 Å². The van der Waals surface area contributed by atoms with Crippen molar-refractivity contribution in [2.24, 2.45) is 0 Å². The van der Waals surface area contributed by atoms with Gasteiger partial charge in [-0.2, -0.15) is 0 Å². The van der Waals surface area contributed by atoms with Gasteiger partial charge in [0.05, 0.1) is 50.0 Å². The maximum Gasteiger partial charge on any atom is 0.280 e. The van der Waals surface area contributed by atoms with Crippen LogP contribution in [0.15, 0.2) is 24.3 Å². The standard InChI is InChI=1S/C20H31N3O4S/c1-4-27-19-8-6-5-7-18(19)23-12-10-22(11-13-23)16(2)20(24)21(3)17-9-14-28(25,26)15-17/h5-8,16-17H,4,9-15H2,1-3H3/p+1/t16-,17+/m1/s1. The van der Waals surface area contributed by atoms with Crippen LogP contribution in [0.5, 0.6) is 5.75 Å². The van der Waals surface area contributed by atoms with Gasteiger partial charge in [0.25, 0.3) is 5.91 Å². The molecule has 156 valence electrons. The molecule has 0 saturated carbocycles. The average Bonchev–Trinajstić information content (AvgIpc) is 3.07. The first-order valence-corrected chi connectivity index (χ1v) is 11.9. The van der Waals surface area contributed by atoms with Crippen molar-refractivity contribution in [3.05, 3.63) is 24.3 Å². The molecule has 0 bridgehead atoms. The van der Waals surface area contributed by atoms with Crippen molar-refractivity contribution in [2.45, 2.75) is 32.4 Å². The molecule has 2 heterocycles. The summed E-state index contributed by atoms with van der Waals surface area (Å²) in [6, 6.07) is 7.73. The third kappa shape index (κ3) is 4.60. The Kier molecular flexibility index (Phi) is 6.50. The van der Waals surface area contributed by atoms with E-state index in [1.807, 2.05) is 32.0 Å². The minimum absolute atomic E-state index is 0.0419. The first kappa shape index (κ1) is 20.9. The van der Waals surface area contributed by atoms with Gasteiger partial charge >= 0.3 is 0 Å². The second kappa shape index (κ2) is 8.69. The molecule has 0 unspecified atom stereocenters. The molecular weight excluding hydrogens is 378 g/mol. The number of anilines is 1. The number of nitrogens with one attached hydrogen (secondary N) is 1. The number of piperazine rings is 1. The summed E-state index contributed by atoms with van der Waals surface area (Å²) < 4.78 is 29.2. The Hall–Kier alpha value is -1.80. The fourth-order valence-corrected chi connectivity index (χ4v) is 5.98. The molecule has 28 heavy (non-hydrogen) atoms. The third-order valence-corrected chi connectivity index (χ3v) is 7.75. The Bertz CT molecular complexity index is 790. The molecule has 2 atom stereocenters. The predicted octanol–water partition coefficient (Wildman–Crippen LogP) is -0.176. The van der Waals surface area contributed by atoms with Crippen molar-refractivity contribution in [3.63, 3.8) is 0 Å². The van der Waals surface area contributed by atoms with Crippen molar-refractivity contribution in [1.29, 1.82) is 0 Å². The van der Waals surface area contributed by atoms with E-state index in [0.29, 0.717) is 13.0 Å². The molecule has 1 aromatic carbocycles. The molecule has 8 heteroatoms. The minimum Gasteiger partial charge on any atom is -0.492 e. The van der Waals surface area contributed by atoms with Gasteiger partial charge in [-0.25, -0.2) is 8.42 Å². The molecule has 0 radical (unpaired) electrons. The summed E-state index contributed by atoms with van der Waals surface area (Å²) in [4.78, 5) is 18.1. The van der Waals surface area contributed by atoms with Crippen molar-refractivity contribution in [3.8, 4) is 5.75 Å². The lowest BCUT2D eigenvalue weighted by molar-refractivity contribution is -0.915. The number of carbonyl (C=O) groups is 1. The second-order valence-electron chi connectivity index (χ2n) is 7.77. The summed E-state index contributed by atoms with van der Waals surface area (Å²) in [5.74, 6) is 1.23. The van der Waals surface area contributed by atoms with E-state index < -0.39 is 9.84 Å². The summed E-state index contributed by atoms with van der Waals surface area (Å²) in [6.07, 6.45) is 0.550. The Morgan fingerprint density at radius 2 is 2.00 bits per heavy atom. The quantitative estimate of drug-likeness (QED) is 0.705. The van der Waals surface area contributed by atoms with E-state index >= 15 is 0 Å². The summed E-state index contributed by atoms with van der Waals surface area (Å²) in [6.45, 7) is 8.03. The Morgan fingerprint density at radius 3 is 2.61 bits per heavy atom. The summed E-state index contributed by atoms with van der Waals surface area (Å²) >= 11 is 0. The van der Waals surface area contributed by atoms with Crippen LogP contribution < -0.4 is 14.5 Å². The minimum atomic E-state index is -2.99. The topological polar surface area (TPSA) is 71.4 Å². The molecule has 2 fully saturated rings. The van der Waals surface area contributed by atoms with Crippen LogP contribution in [-0.4, -0.2) is 82.6 Å². The Labute approximate surface area is 168 Å². The van der Waals surface area contributed by atoms with Crippen LogP contribution in [0.25, 0.3) is 0 Å². The van der Waals surface area contributed by atoms with Gasteiger partial charge in [0.15, 0.2) is 15.9 Å². The molecule has 7 nitrogen and oxygen atoms in total. The number of quaternary nitrogens is 1. The number of hydrogen-bond acceptors (Lipinski definition) is 5. The summed E-state index contributed by atoms with van der Waals surface area (Å²) in [5.41, 5.74) is 1.11. The number of hydrogen-bond donors (Lipinski definition) is 1. The molecule has 1 aromatic rings. The number of benzene rings is 1. The normalized spacial score (nSPS) is 23.4. The maximum absolute atomic E-state index is 12.9. The van der Waals surface area contributed by atoms with Crippen molar-refractivity contribution in [1.82, 2.24) is 4.90 Å². The number of nitrogens with zero attached hydrogens (tertiary/aromatic N) is 2. The van der Waals surface area contributed by atoms with Crippen LogP contribution >= 0.6 is 0 Å². The number of amides is 1. The van der Waals surface area contributed by atoms with Gasteiger partial charge in [0.1, 0.15) is 5.75 Å². The molecule has 2 aliphatic rings. The summed E-state index contributed by atoms with van der Waals surface area (Å²) in [7, 11) is -1.24. The largest absolute Gasteiger partial charge is 0.492 e. The van der Waals surface area contributed by atoms with E-state index in [1.54, 1.807) is 11.9 Å². The van der Waals surface area contributed by atoms with Crippen molar-refractivity contribution >= 4 is 21.4 Å². The number of ether oxygens (including phenoxy) is 1. The lowest BCUT2D eigenvalue weighted by Crippen LogP contribution is -3.19. The number of carbonyl (C=O) groups excluding carboxylic acids is 1. The first-order valence-electron chi connectivity index (χ1n) is 10.1. The third-order valence-electron chi connectivity index (χ3n) is 6.00. The van der Waals surface area contributed by atoms with E-state index in [9.17, 15) is 13.2 Å². The van der Waals surface area contributed by atoms with Crippen molar-refractivity contribution in [2.75, 3.05) is 56.2 Å². The van der Waals surface area contributed by atoms with E-state index in [4.69, 9.17) is 4.74 Å². The fourth-order valence-electron chi connectivity index (χ4n) is 4.20. The highest BCUT2D eigenvalue weighted by atomic mass is 32.2. The smallest absolute Gasteiger partial charge is 0.280 e. The van der Waals surface area contributed by atoms with Crippen LogP contribution in [0.3, 0.4) is 0 Å². The average molecular weight is 411 g/mol. The fraction of sp³-hybridized carbons (Fsp3) is 0.650. The molecule has 1 N–H and O–H groups in total. The zero-order valence-corrected chi connectivity index (χ0v) is 17.9. The molecular formula is C20H32N3O4S+. The lowest BCUT2D eigenvalue weighted by Gasteiger charge is -2.38. The number of para-hydroxylation sites is 2. The molecule has 0 aliphatic carbocycles. The number of rotatable bonds is 6. The highest BCUT2D eigenvalue weighted by Gasteiger charge is 2.37. The van der Waals surface area contributed by atoms with Crippen LogP contribution in [0.2, 0.25) is 0 Å². The zero-order chi connectivity index (χ0) is 20.3.